The van der Waals surface area contributed by atoms with Gasteiger partial charge in [-0.05, 0) is 18.3 Å². The van der Waals surface area contributed by atoms with Gasteiger partial charge < -0.3 is 10.1 Å². The normalized spacial score (nSPS) is 18.3. The molecule has 1 aromatic rings. The van der Waals surface area contributed by atoms with Gasteiger partial charge in [0.25, 0.3) is 0 Å². The summed E-state index contributed by atoms with van der Waals surface area (Å²) in [5, 5.41) is 3.86. The first-order valence-corrected chi connectivity index (χ1v) is 7.25. The van der Waals surface area contributed by atoms with Gasteiger partial charge in [-0.3, -0.25) is 0 Å². The average Bonchev–Trinajstić information content (AvgIpc) is 2.37. The molecule has 0 amide bonds. The number of nitrogens with zero attached hydrogens (tertiary/aromatic N) is 2. The van der Waals surface area contributed by atoms with Crippen LogP contribution in [0.1, 0.15) is 44.9 Å². The second kappa shape index (κ2) is 6.53. The molecule has 0 radical (unpaired) electrons. The van der Waals surface area contributed by atoms with E-state index in [1.54, 1.807) is 13.2 Å². The van der Waals surface area contributed by atoms with Gasteiger partial charge in [0.1, 0.15) is 17.6 Å². The SMILES string of the molecule is COCc1nc(Cl)cc(NCC2(C)CCCCC2)n1. The maximum Gasteiger partial charge on any atom is 0.158 e. The molecule has 0 aromatic carbocycles. The Morgan fingerprint density at radius 1 is 1.32 bits per heavy atom. The van der Waals surface area contributed by atoms with Crippen LogP contribution in [0.25, 0.3) is 0 Å². The summed E-state index contributed by atoms with van der Waals surface area (Å²) < 4.78 is 5.04. The molecule has 0 unspecified atom stereocenters. The lowest BCUT2D eigenvalue weighted by Crippen LogP contribution is -2.29. The third-order valence-electron chi connectivity index (χ3n) is 3.77. The fourth-order valence-electron chi connectivity index (χ4n) is 2.63. The number of hydrogen-bond donors (Lipinski definition) is 1. The fraction of sp³-hybridized carbons (Fsp3) is 0.714. The van der Waals surface area contributed by atoms with Crippen molar-refractivity contribution in [1.82, 2.24) is 9.97 Å². The summed E-state index contributed by atoms with van der Waals surface area (Å²) in [6.45, 7) is 3.66. The summed E-state index contributed by atoms with van der Waals surface area (Å²) in [4.78, 5) is 8.53. The fourth-order valence-corrected chi connectivity index (χ4v) is 2.84. The average molecular weight is 284 g/mol. The third-order valence-corrected chi connectivity index (χ3v) is 3.97. The van der Waals surface area contributed by atoms with Gasteiger partial charge in [-0.1, -0.05) is 37.8 Å². The summed E-state index contributed by atoms with van der Waals surface area (Å²) in [7, 11) is 1.63. The number of anilines is 1. The van der Waals surface area contributed by atoms with E-state index in [-0.39, 0.29) is 0 Å². The smallest absolute Gasteiger partial charge is 0.158 e. The van der Waals surface area contributed by atoms with Crippen LogP contribution in [-0.4, -0.2) is 23.6 Å². The summed E-state index contributed by atoms with van der Waals surface area (Å²) in [6, 6.07) is 1.77. The minimum Gasteiger partial charge on any atom is -0.377 e. The Kier molecular flexibility index (Phi) is 4.99. The number of halogens is 1. The van der Waals surface area contributed by atoms with E-state index in [1.807, 2.05) is 0 Å². The molecule has 0 bridgehead atoms. The minimum absolute atomic E-state index is 0.372. The van der Waals surface area contributed by atoms with Gasteiger partial charge in [0.2, 0.25) is 0 Å². The highest BCUT2D eigenvalue weighted by atomic mass is 35.5. The van der Waals surface area contributed by atoms with Crippen LogP contribution in [0.3, 0.4) is 0 Å². The first-order chi connectivity index (χ1) is 9.11. The molecule has 0 spiro atoms. The van der Waals surface area contributed by atoms with E-state index in [4.69, 9.17) is 16.3 Å². The first kappa shape index (κ1) is 14.5. The maximum absolute atomic E-state index is 6.00. The molecule has 4 nitrogen and oxygen atoms in total. The predicted molar refractivity (Wildman–Crippen MR) is 77.4 cm³/mol. The molecule has 0 aliphatic heterocycles. The topological polar surface area (TPSA) is 47.0 Å². The largest absolute Gasteiger partial charge is 0.377 e. The highest BCUT2D eigenvalue weighted by Crippen LogP contribution is 2.35. The van der Waals surface area contributed by atoms with Crippen LogP contribution in [0.5, 0.6) is 0 Å². The standard InChI is InChI=1S/C14H22ClN3O/c1-14(6-4-3-5-7-14)10-16-12-8-11(15)17-13(18-12)9-19-2/h8H,3-7,9-10H2,1-2H3,(H,16,17,18). The molecule has 2 rings (SSSR count). The van der Waals surface area contributed by atoms with Gasteiger partial charge in [-0.15, -0.1) is 0 Å². The molecule has 1 N–H and O–H groups in total. The van der Waals surface area contributed by atoms with Crippen LogP contribution in [0.15, 0.2) is 6.07 Å². The maximum atomic E-state index is 6.00. The van der Waals surface area contributed by atoms with Gasteiger partial charge in [0, 0.05) is 19.7 Å². The van der Waals surface area contributed by atoms with Crippen LogP contribution >= 0.6 is 11.6 Å². The van der Waals surface area contributed by atoms with E-state index in [0.29, 0.717) is 23.0 Å². The zero-order chi connectivity index (χ0) is 13.7. The summed E-state index contributed by atoms with van der Waals surface area (Å²) in [5.41, 5.74) is 0.372. The van der Waals surface area contributed by atoms with Crippen LogP contribution in [-0.2, 0) is 11.3 Å². The zero-order valence-electron chi connectivity index (χ0n) is 11.7. The van der Waals surface area contributed by atoms with Crippen molar-refractivity contribution in [3.63, 3.8) is 0 Å². The van der Waals surface area contributed by atoms with Gasteiger partial charge in [0.15, 0.2) is 5.82 Å². The number of nitrogens with one attached hydrogen (secondary N) is 1. The zero-order valence-corrected chi connectivity index (χ0v) is 12.5. The molecule has 1 saturated carbocycles. The Morgan fingerprint density at radius 2 is 2.05 bits per heavy atom. The lowest BCUT2D eigenvalue weighted by Gasteiger charge is -2.33. The van der Waals surface area contributed by atoms with E-state index in [9.17, 15) is 0 Å². The predicted octanol–water partition coefficient (Wildman–Crippen LogP) is 3.66. The number of rotatable bonds is 5. The van der Waals surface area contributed by atoms with Crippen molar-refractivity contribution in [2.45, 2.75) is 45.6 Å². The monoisotopic (exact) mass is 283 g/mol. The Labute approximate surface area is 119 Å². The molecule has 1 aliphatic carbocycles. The lowest BCUT2D eigenvalue weighted by atomic mass is 9.76. The lowest BCUT2D eigenvalue weighted by molar-refractivity contribution is 0.178. The van der Waals surface area contributed by atoms with Crippen molar-refractivity contribution in [1.29, 1.82) is 0 Å². The third kappa shape index (κ3) is 4.32. The molecule has 0 saturated heterocycles. The van der Waals surface area contributed by atoms with E-state index in [2.05, 4.69) is 22.2 Å². The summed E-state index contributed by atoms with van der Waals surface area (Å²) in [6.07, 6.45) is 6.59. The second-order valence-electron chi connectivity index (χ2n) is 5.65. The van der Waals surface area contributed by atoms with E-state index in [1.165, 1.54) is 32.1 Å². The quantitative estimate of drug-likeness (QED) is 0.838. The Morgan fingerprint density at radius 3 is 2.74 bits per heavy atom. The number of ether oxygens (including phenoxy) is 1. The molecule has 0 atom stereocenters. The second-order valence-corrected chi connectivity index (χ2v) is 6.04. The molecule has 1 fully saturated rings. The number of hydrogen-bond acceptors (Lipinski definition) is 4. The highest BCUT2D eigenvalue weighted by Gasteiger charge is 2.26. The van der Waals surface area contributed by atoms with Gasteiger partial charge in [-0.25, -0.2) is 9.97 Å². The van der Waals surface area contributed by atoms with Crippen molar-refractivity contribution < 1.29 is 4.74 Å². The van der Waals surface area contributed by atoms with Gasteiger partial charge in [-0.2, -0.15) is 0 Å². The molecule has 1 heterocycles. The van der Waals surface area contributed by atoms with Crippen molar-refractivity contribution >= 4 is 17.4 Å². The Hall–Kier alpha value is -0.870. The number of methoxy groups -OCH3 is 1. The molecule has 106 valence electrons. The van der Waals surface area contributed by atoms with Crippen molar-refractivity contribution in [2.75, 3.05) is 19.0 Å². The highest BCUT2D eigenvalue weighted by molar-refractivity contribution is 6.29. The molecule has 1 aliphatic rings. The first-order valence-electron chi connectivity index (χ1n) is 6.88. The van der Waals surface area contributed by atoms with Gasteiger partial charge in [0.05, 0.1) is 0 Å². The van der Waals surface area contributed by atoms with Crippen LogP contribution < -0.4 is 5.32 Å². The summed E-state index contributed by atoms with van der Waals surface area (Å²) >= 11 is 6.00. The molecule has 5 heteroatoms. The molecular weight excluding hydrogens is 262 g/mol. The van der Waals surface area contributed by atoms with Crippen LogP contribution in [0.4, 0.5) is 5.82 Å². The van der Waals surface area contributed by atoms with Crippen LogP contribution in [0, 0.1) is 5.41 Å². The minimum atomic E-state index is 0.372. The van der Waals surface area contributed by atoms with Crippen molar-refractivity contribution in [3.05, 3.63) is 17.0 Å². The van der Waals surface area contributed by atoms with E-state index in [0.717, 1.165) is 12.4 Å². The van der Waals surface area contributed by atoms with E-state index < -0.39 is 0 Å². The van der Waals surface area contributed by atoms with Crippen molar-refractivity contribution in [2.24, 2.45) is 5.41 Å². The Balaban J connectivity index is 1.98. The van der Waals surface area contributed by atoms with Crippen molar-refractivity contribution in [3.8, 4) is 0 Å². The number of aromatic nitrogens is 2. The molecule has 1 aromatic heterocycles. The Bertz CT molecular complexity index is 419. The van der Waals surface area contributed by atoms with Crippen LogP contribution in [0.2, 0.25) is 5.15 Å². The summed E-state index contributed by atoms with van der Waals surface area (Å²) in [5.74, 6) is 1.41. The molecule has 19 heavy (non-hydrogen) atoms. The molecular formula is C14H22ClN3O. The van der Waals surface area contributed by atoms with Gasteiger partial charge >= 0.3 is 0 Å². The van der Waals surface area contributed by atoms with E-state index >= 15 is 0 Å².